The summed E-state index contributed by atoms with van der Waals surface area (Å²) in [5.74, 6) is -0.221. The Kier molecular flexibility index (Phi) is 4.17. The van der Waals surface area contributed by atoms with Gasteiger partial charge in [-0.15, -0.1) is 0 Å². The van der Waals surface area contributed by atoms with E-state index in [1.165, 1.54) is 0 Å². The number of rotatable bonds is 3. The standard InChI is InChI=1S/C17H16N2O/c1-12-7-6-10-15(13(12)2)17(20)19-16(11-18)14-8-4-3-5-9-14/h3-10,16H,1-2H3,(H,19,20). The zero-order valence-electron chi connectivity index (χ0n) is 11.6. The Labute approximate surface area is 118 Å². The highest BCUT2D eigenvalue weighted by atomic mass is 16.1. The molecule has 1 N–H and O–H groups in total. The van der Waals surface area contributed by atoms with Gasteiger partial charge in [0.1, 0.15) is 6.04 Å². The summed E-state index contributed by atoms with van der Waals surface area (Å²) < 4.78 is 0. The van der Waals surface area contributed by atoms with E-state index in [0.717, 1.165) is 16.7 Å². The monoisotopic (exact) mass is 264 g/mol. The molecule has 3 nitrogen and oxygen atoms in total. The van der Waals surface area contributed by atoms with Crippen LogP contribution in [0.1, 0.15) is 33.1 Å². The van der Waals surface area contributed by atoms with Gasteiger partial charge in [-0.25, -0.2) is 0 Å². The lowest BCUT2D eigenvalue weighted by Gasteiger charge is -2.14. The molecule has 1 amide bonds. The Morgan fingerprint density at radius 2 is 1.80 bits per heavy atom. The van der Waals surface area contributed by atoms with Gasteiger partial charge in [0.15, 0.2) is 0 Å². The molecule has 0 heterocycles. The number of carbonyl (C=O) groups is 1. The number of nitriles is 1. The molecule has 2 aromatic carbocycles. The Bertz CT molecular complexity index is 656. The molecule has 0 aliphatic heterocycles. The summed E-state index contributed by atoms with van der Waals surface area (Å²) in [6, 6.07) is 16.3. The van der Waals surface area contributed by atoms with E-state index in [1.807, 2.05) is 56.3 Å². The van der Waals surface area contributed by atoms with Gasteiger partial charge in [-0.1, -0.05) is 42.5 Å². The molecule has 2 aromatic rings. The Morgan fingerprint density at radius 3 is 2.45 bits per heavy atom. The molecule has 3 heteroatoms. The molecular weight excluding hydrogens is 248 g/mol. The maximum Gasteiger partial charge on any atom is 0.252 e. The number of carbonyl (C=O) groups excluding carboxylic acids is 1. The summed E-state index contributed by atoms with van der Waals surface area (Å²) in [6.07, 6.45) is 0. The van der Waals surface area contributed by atoms with Crippen LogP contribution >= 0.6 is 0 Å². The third-order valence-corrected chi connectivity index (χ3v) is 3.39. The second kappa shape index (κ2) is 6.03. The van der Waals surface area contributed by atoms with Crippen LogP contribution in [0, 0.1) is 25.2 Å². The molecule has 2 rings (SSSR count). The summed E-state index contributed by atoms with van der Waals surface area (Å²) in [5.41, 5.74) is 3.40. The van der Waals surface area contributed by atoms with Crippen LogP contribution in [-0.2, 0) is 0 Å². The van der Waals surface area contributed by atoms with Gasteiger partial charge in [0.05, 0.1) is 6.07 Å². The number of hydrogen-bond donors (Lipinski definition) is 1. The van der Waals surface area contributed by atoms with Gasteiger partial charge in [0.2, 0.25) is 0 Å². The van der Waals surface area contributed by atoms with E-state index in [9.17, 15) is 10.1 Å². The number of nitrogens with one attached hydrogen (secondary N) is 1. The molecule has 0 bridgehead atoms. The van der Waals surface area contributed by atoms with Crippen molar-refractivity contribution >= 4 is 5.91 Å². The summed E-state index contributed by atoms with van der Waals surface area (Å²) in [5, 5.41) is 12.0. The Balaban J connectivity index is 2.23. The van der Waals surface area contributed by atoms with Gasteiger partial charge in [0.25, 0.3) is 5.91 Å². The smallest absolute Gasteiger partial charge is 0.252 e. The number of aryl methyl sites for hydroxylation is 1. The zero-order chi connectivity index (χ0) is 14.5. The van der Waals surface area contributed by atoms with E-state index in [0.29, 0.717) is 5.56 Å². The van der Waals surface area contributed by atoms with E-state index in [2.05, 4.69) is 11.4 Å². The minimum Gasteiger partial charge on any atom is -0.332 e. The van der Waals surface area contributed by atoms with Crippen molar-refractivity contribution in [3.63, 3.8) is 0 Å². The van der Waals surface area contributed by atoms with Crippen LogP contribution in [0.15, 0.2) is 48.5 Å². The molecule has 0 aliphatic rings. The molecule has 0 radical (unpaired) electrons. The van der Waals surface area contributed by atoms with Crippen molar-refractivity contribution in [2.45, 2.75) is 19.9 Å². The van der Waals surface area contributed by atoms with Gasteiger partial charge in [0, 0.05) is 5.56 Å². The van der Waals surface area contributed by atoms with Crippen molar-refractivity contribution in [1.82, 2.24) is 5.32 Å². The molecule has 1 atom stereocenters. The summed E-state index contributed by atoms with van der Waals surface area (Å²) in [6.45, 7) is 3.87. The van der Waals surface area contributed by atoms with Crippen molar-refractivity contribution in [3.8, 4) is 6.07 Å². The molecule has 0 aliphatic carbocycles. The number of amides is 1. The molecule has 0 spiro atoms. The first kappa shape index (κ1) is 13.8. The largest absolute Gasteiger partial charge is 0.332 e. The van der Waals surface area contributed by atoms with Crippen molar-refractivity contribution in [3.05, 3.63) is 70.8 Å². The molecule has 0 saturated carbocycles. The van der Waals surface area contributed by atoms with Crippen molar-refractivity contribution in [2.24, 2.45) is 0 Å². The van der Waals surface area contributed by atoms with Crippen LogP contribution in [0.2, 0.25) is 0 Å². The highest BCUT2D eigenvalue weighted by molar-refractivity contribution is 5.96. The first-order valence-electron chi connectivity index (χ1n) is 6.45. The van der Waals surface area contributed by atoms with Gasteiger partial charge < -0.3 is 5.32 Å². The van der Waals surface area contributed by atoms with Crippen LogP contribution in [-0.4, -0.2) is 5.91 Å². The third-order valence-electron chi connectivity index (χ3n) is 3.39. The molecule has 0 aromatic heterocycles. The van der Waals surface area contributed by atoms with E-state index >= 15 is 0 Å². The predicted octanol–water partition coefficient (Wildman–Crippen LogP) is 3.30. The lowest BCUT2D eigenvalue weighted by Crippen LogP contribution is -2.28. The molecule has 100 valence electrons. The first-order valence-corrected chi connectivity index (χ1v) is 6.45. The fraction of sp³-hybridized carbons (Fsp3) is 0.176. The lowest BCUT2D eigenvalue weighted by molar-refractivity contribution is 0.0944. The summed E-state index contributed by atoms with van der Waals surface area (Å²) in [4.78, 5) is 12.3. The van der Waals surface area contributed by atoms with Crippen molar-refractivity contribution < 1.29 is 4.79 Å². The predicted molar refractivity (Wildman–Crippen MR) is 78.2 cm³/mol. The number of hydrogen-bond acceptors (Lipinski definition) is 2. The zero-order valence-corrected chi connectivity index (χ0v) is 11.6. The third kappa shape index (κ3) is 2.86. The van der Waals surface area contributed by atoms with Gasteiger partial charge >= 0.3 is 0 Å². The molecule has 20 heavy (non-hydrogen) atoms. The van der Waals surface area contributed by atoms with E-state index in [1.54, 1.807) is 6.07 Å². The average molecular weight is 264 g/mol. The molecular formula is C17H16N2O. The molecule has 1 unspecified atom stereocenters. The maximum absolute atomic E-state index is 12.3. The van der Waals surface area contributed by atoms with Crippen molar-refractivity contribution in [2.75, 3.05) is 0 Å². The first-order chi connectivity index (χ1) is 9.63. The molecule has 0 saturated heterocycles. The minimum atomic E-state index is -0.636. The second-order valence-electron chi connectivity index (χ2n) is 4.69. The highest BCUT2D eigenvalue weighted by Gasteiger charge is 2.16. The highest BCUT2D eigenvalue weighted by Crippen LogP contribution is 2.16. The number of benzene rings is 2. The van der Waals surface area contributed by atoms with Crippen LogP contribution < -0.4 is 5.32 Å². The van der Waals surface area contributed by atoms with Crippen LogP contribution in [0.3, 0.4) is 0 Å². The topological polar surface area (TPSA) is 52.9 Å². The van der Waals surface area contributed by atoms with Crippen molar-refractivity contribution in [1.29, 1.82) is 5.26 Å². The fourth-order valence-corrected chi connectivity index (χ4v) is 2.04. The van der Waals surface area contributed by atoms with E-state index in [4.69, 9.17) is 0 Å². The average Bonchev–Trinajstić information content (AvgIpc) is 2.48. The summed E-state index contributed by atoms with van der Waals surface area (Å²) in [7, 11) is 0. The van der Waals surface area contributed by atoms with Gasteiger partial charge in [-0.2, -0.15) is 5.26 Å². The summed E-state index contributed by atoms with van der Waals surface area (Å²) >= 11 is 0. The number of nitrogens with zero attached hydrogens (tertiary/aromatic N) is 1. The Hall–Kier alpha value is -2.60. The normalized spacial score (nSPS) is 11.4. The minimum absolute atomic E-state index is 0.221. The van der Waals surface area contributed by atoms with Gasteiger partial charge in [-0.3, -0.25) is 4.79 Å². The second-order valence-corrected chi connectivity index (χ2v) is 4.69. The van der Waals surface area contributed by atoms with E-state index in [-0.39, 0.29) is 5.91 Å². The van der Waals surface area contributed by atoms with Crippen LogP contribution in [0.25, 0.3) is 0 Å². The van der Waals surface area contributed by atoms with Gasteiger partial charge in [-0.05, 0) is 36.6 Å². The van der Waals surface area contributed by atoms with Crippen LogP contribution in [0.5, 0.6) is 0 Å². The quantitative estimate of drug-likeness (QED) is 0.924. The lowest BCUT2D eigenvalue weighted by atomic mass is 10.0. The van der Waals surface area contributed by atoms with Crippen LogP contribution in [0.4, 0.5) is 0 Å². The Morgan fingerprint density at radius 1 is 1.10 bits per heavy atom. The fourth-order valence-electron chi connectivity index (χ4n) is 2.04. The maximum atomic E-state index is 12.3. The molecule has 0 fully saturated rings. The van der Waals surface area contributed by atoms with E-state index < -0.39 is 6.04 Å². The SMILES string of the molecule is Cc1cccc(C(=O)NC(C#N)c2ccccc2)c1C.